The second-order valence-electron chi connectivity index (χ2n) is 5.22. The van der Waals surface area contributed by atoms with Gasteiger partial charge in [-0.15, -0.1) is 23.1 Å². The lowest BCUT2D eigenvalue weighted by Gasteiger charge is -2.02. The number of benzene rings is 2. The second-order valence-corrected chi connectivity index (χ2v) is 7.24. The highest BCUT2D eigenvalue weighted by Crippen LogP contribution is 2.25. The number of nitrogens with zero attached hydrogens (tertiary/aromatic N) is 1. The Morgan fingerprint density at radius 1 is 1.04 bits per heavy atom. The fourth-order valence-corrected chi connectivity index (χ4v) is 3.80. The summed E-state index contributed by atoms with van der Waals surface area (Å²) in [7, 11) is 0. The first kappa shape index (κ1) is 16.7. The molecule has 0 aliphatic rings. The van der Waals surface area contributed by atoms with E-state index in [1.165, 1.54) is 16.2 Å². The average molecular weight is 355 g/mol. The van der Waals surface area contributed by atoms with Crippen molar-refractivity contribution in [1.29, 1.82) is 0 Å². The summed E-state index contributed by atoms with van der Waals surface area (Å²) < 4.78 is 0. The zero-order valence-electron chi connectivity index (χ0n) is 13.1. The summed E-state index contributed by atoms with van der Waals surface area (Å²) in [6.45, 7) is 0. The molecule has 122 valence electrons. The Morgan fingerprint density at radius 2 is 1.75 bits per heavy atom. The predicted octanol–water partition coefficient (Wildman–Crippen LogP) is 5.32. The van der Waals surface area contributed by atoms with Gasteiger partial charge in [-0.25, -0.2) is 4.98 Å². The van der Waals surface area contributed by atoms with Crippen LogP contribution in [0.1, 0.15) is 12.8 Å². The standard InChI is InChI=1S/C19H18N2OS2/c22-18(12-7-13-23-16-10-5-2-6-11-16)21-19-20-17(14-24-19)15-8-3-1-4-9-15/h1-6,8-11,14H,7,12-13H2,(H,20,21,22). The van der Waals surface area contributed by atoms with E-state index in [4.69, 9.17) is 0 Å². The molecule has 0 bridgehead atoms. The summed E-state index contributed by atoms with van der Waals surface area (Å²) in [5, 5.41) is 5.52. The van der Waals surface area contributed by atoms with Gasteiger partial charge in [-0.05, 0) is 24.3 Å². The Morgan fingerprint density at radius 3 is 2.50 bits per heavy atom. The van der Waals surface area contributed by atoms with Crippen molar-refractivity contribution in [2.75, 3.05) is 11.1 Å². The topological polar surface area (TPSA) is 42.0 Å². The Kier molecular flexibility index (Phi) is 6.04. The molecule has 0 saturated heterocycles. The van der Waals surface area contributed by atoms with Crippen molar-refractivity contribution < 1.29 is 4.79 Å². The van der Waals surface area contributed by atoms with Crippen LogP contribution in [0.3, 0.4) is 0 Å². The van der Waals surface area contributed by atoms with Crippen LogP contribution in [0, 0.1) is 0 Å². The quantitative estimate of drug-likeness (QED) is 0.461. The minimum absolute atomic E-state index is 0.0256. The number of hydrogen-bond donors (Lipinski definition) is 1. The van der Waals surface area contributed by atoms with Crippen molar-refractivity contribution in [2.45, 2.75) is 17.7 Å². The van der Waals surface area contributed by atoms with Crippen LogP contribution in [0.2, 0.25) is 0 Å². The normalized spacial score (nSPS) is 10.5. The molecule has 5 heteroatoms. The maximum absolute atomic E-state index is 12.0. The molecule has 0 unspecified atom stereocenters. The maximum Gasteiger partial charge on any atom is 0.226 e. The monoisotopic (exact) mass is 354 g/mol. The molecule has 3 nitrogen and oxygen atoms in total. The number of thioether (sulfide) groups is 1. The van der Waals surface area contributed by atoms with Crippen LogP contribution in [-0.4, -0.2) is 16.6 Å². The first-order valence-electron chi connectivity index (χ1n) is 7.80. The number of anilines is 1. The number of amides is 1. The van der Waals surface area contributed by atoms with Crippen LogP contribution >= 0.6 is 23.1 Å². The van der Waals surface area contributed by atoms with Crippen molar-refractivity contribution >= 4 is 34.1 Å². The number of rotatable bonds is 7. The third kappa shape index (κ3) is 4.94. The van der Waals surface area contributed by atoms with Crippen molar-refractivity contribution in [1.82, 2.24) is 4.98 Å². The SMILES string of the molecule is O=C(CCCSc1ccccc1)Nc1nc(-c2ccccc2)cs1. The second kappa shape index (κ2) is 8.66. The van der Waals surface area contributed by atoms with Gasteiger partial charge in [-0.2, -0.15) is 0 Å². The minimum Gasteiger partial charge on any atom is -0.302 e. The zero-order valence-corrected chi connectivity index (χ0v) is 14.8. The third-order valence-electron chi connectivity index (χ3n) is 3.38. The predicted molar refractivity (Wildman–Crippen MR) is 103 cm³/mol. The van der Waals surface area contributed by atoms with Gasteiger partial charge in [0, 0.05) is 22.3 Å². The van der Waals surface area contributed by atoms with Crippen LogP contribution in [0.25, 0.3) is 11.3 Å². The van der Waals surface area contributed by atoms with Gasteiger partial charge in [0.2, 0.25) is 5.91 Å². The van der Waals surface area contributed by atoms with Gasteiger partial charge in [0.25, 0.3) is 0 Å². The molecule has 0 atom stereocenters. The number of carbonyl (C=O) groups is 1. The lowest BCUT2D eigenvalue weighted by atomic mass is 10.2. The molecule has 3 rings (SSSR count). The van der Waals surface area contributed by atoms with Crippen LogP contribution in [0.4, 0.5) is 5.13 Å². The molecular formula is C19H18N2OS2. The van der Waals surface area contributed by atoms with E-state index in [0.717, 1.165) is 23.4 Å². The smallest absolute Gasteiger partial charge is 0.226 e. The van der Waals surface area contributed by atoms with Crippen LogP contribution in [-0.2, 0) is 4.79 Å². The molecule has 0 radical (unpaired) electrons. The summed E-state index contributed by atoms with van der Waals surface area (Å²) in [5.41, 5.74) is 1.96. The van der Waals surface area contributed by atoms with Gasteiger partial charge >= 0.3 is 0 Å². The lowest BCUT2D eigenvalue weighted by molar-refractivity contribution is -0.116. The van der Waals surface area contributed by atoms with E-state index in [-0.39, 0.29) is 5.91 Å². The number of aromatic nitrogens is 1. The van der Waals surface area contributed by atoms with Gasteiger partial charge in [0.05, 0.1) is 5.69 Å². The highest BCUT2D eigenvalue weighted by molar-refractivity contribution is 7.99. The number of carbonyl (C=O) groups excluding carboxylic acids is 1. The van der Waals surface area contributed by atoms with Crippen molar-refractivity contribution in [3.8, 4) is 11.3 Å². The summed E-state index contributed by atoms with van der Waals surface area (Å²) in [6.07, 6.45) is 1.36. The fourth-order valence-electron chi connectivity index (χ4n) is 2.19. The van der Waals surface area contributed by atoms with E-state index < -0.39 is 0 Å². The summed E-state index contributed by atoms with van der Waals surface area (Å²) in [4.78, 5) is 17.7. The van der Waals surface area contributed by atoms with Gasteiger partial charge in [0.15, 0.2) is 5.13 Å². The molecule has 0 spiro atoms. The summed E-state index contributed by atoms with van der Waals surface area (Å²) in [6, 6.07) is 20.2. The van der Waals surface area contributed by atoms with E-state index in [2.05, 4.69) is 22.4 Å². The molecule has 3 aromatic rings. The largest absolute Gasteiger partial charge is 0.302 e. The van der Waals surface area contributed by atoms with Crippen LogP contribution < -0.4 is 5.32 Å². The van der Waals surface area contributed by atoms with E-state index in [9.17, 15) is 4.79 Å². The van der Waals surface area contributed by atoms with E-state index in [1.54, 1.807) is 11.8 Å². The highest BCUT2D eigenvalue weighted by Gasteiger charge is 2.08. The Balaban J connectivity index is 1.43. The summed E-state index contributed by atoms with van der Waals surface area (Å²) >= 11 is 3.24. The molecule has 0 fully saturated rings. The number of hydrogen-bond acceptors (Lipinski definition) is 4. The van der Waals surface area contributed by atoms with Gasteiger partial charge in [-0.1, -0.05) is 48.5 Å². The average Bonchev–Trinajstić information content (AvgIpc) is 3.09. The molecule has 0 aliphatic heterocycles. The van der Waals surface area contributed by atoms with E-state index in [0.29, 0.717) is 11.6 Å². The third-order valence-corrected chi connectivity index (χ3v) is 5.24. The van der Waals surface area contributed by atoms with Crippen molar-refractivity contribution in [3.63, 3.8) is 0 Å². The minimum atomic E-state index is 0.0256. The highest BCUT2D eigenvalue weighted by atomic mass is 32.2. The van der Waals surface area contributed by atoms with Crippen LogP contribution in [0.15, 0.2) is 70.9 Å². The molecule has 24 heavy (non-hydrogen) atoms. The Hall–Kier alpha value is -2.11. The first-order chi connectivity index (χ1) is 11.8. The lowest BCUT2D eigenvalue weighted by Crippen LogP contribution is -2.11. The molecule has 0 saturated carbocycles. The fraction of sp³-hybridized carbons (Fsp3) is 0.158. The molecule has 1 heterocycles. The molecule has 1 aromatic heterocycles. The molecular weight excluding hydrogens is 336 g/mol. The number of thiazole rings is 1. The maximum atomic E-state index is 12.0. The molecule has 1 amide bonds. The molecule has 2 aromatic carbocycles. The van der Waals surface area contributed by atoms with E-state index in [1.807, 2.05) is 53.9 Å². The zero-order chi connectivity index (χ0) is 16.6. The molecule has 1 N–H and O–H groups in total. The number of nitrogens with one attached hydrogen (secondary N) is 1. The van der Waals surface area contributed by atoms with Gasteiger partial charge in [-0.3, -0.25) is 4.79 Å². The first-order valence-corrected chi connectivity index (χ1v) is 9.66. The Bertz CT molecular complexity index is 772. The summed E-state index contributed by atoms with van der Waals surface area (Å²) in [5.74, 6) is 0.961. The Labute approximate surface area is 150 Å². The van der Waals surface area contributed by atoms with Gasteiger partial charge in [0.1, 0.15) is 0 Å². The van der Waals surface area contributed by atoms with Crippen molar-refractivity contribution in [2.24, 2.45) is 0 Å². The van der Waals surface area contributed by atoms with Crippen molar-refractivity contribution in [3.05, 3.63) is 66.0 Å². The molecule has 0 aliphatic carbocycles. The van der Waals surface area contributed by atoms with Crippen LogP contribution in [0.5, 0.6) is 0 Å². The van der Waals surface area contributed by atoms with Gasteiger partial charge < -0.3 is 5.32 Å². The van der Waals surface area contributed by atoms with E-state index >= 15 is 0 Å².